The monoisotopic (exact) mass is 369 g/mol. The second-order valence-electron chi connectivity index (χ2n) is 6.28. The first kappa shape index (κ1) is 17.0. The highest BCUT2D eigenvalue weighted by molar-refractivity contribution is 6.30. The normalized spacial score (nSPS) is 14.5. The molecule has 0 radical (unpaired) electrons. The van der Waals surface area contributed by atoms with Crippen LogP contribution in [0.15, 0.2) is 48.5 Å². The molecule has 134 valence electrons. The number of benzene rings is 2. The summed E-state index contributed by atoms with van der Waals surface area (Å²) in [5, 5.41) is 13.2. The molecule has 0 saturated carbocycles. The molecule has 0 spiro atoms. The van der Waals surface area contributed by atoms with Gasteiger partial charge in [-0.05, 0) is 46.2 Å². The molecule has 26 heavy (non-hydrogen) atoms. The topological polar surface area (TPSA) is 56.1 Å². The zero-order valence-corrected chi connectivity index (χ0v) is 15.3. The Kier molecular flexibility index (Phi) is 4.86. The molecule has 1 aromatic heterocycles. The van der Waals surface area contributed by atoms with E-state index < -0.39 is 0 Å². The van der Waals surface area contributed by atoms with Gasteiger partial charge in [-0.1, -0.05) is 41.9 Å². The van der Waals surface area contributed by atoms with Crippen molar-refractivity contribution in [1.29, 1.82) is 0 Å². The standard InChI is InChI=1S/C19H20ClN5O/c1-26-13-12-25-19(21-22-23-25)18(15-6-8-16(20)9-7-15)24-11-10-14-4-2-3-5-17(14)24/h2-9,18H,10-13H2,1H3. The fourth-order valence-electron chi connectivity index (χ4n) is 3.49. The summed E-state index contributed by atoms with van der Waals surface area (Å²) in [5.41, 5.74) is 3.69. The van der Waals surface area contributed by atoms with E-state index in [0.29, 0.717) is 18.2 Å². The fourth-order valence-corrected chi connectivity index (χ4v) is 3.62. The summed E-state index contributed by atoms with van der Waals surface area (Å²) in [7, 11) is 1.68. The van der Waals surface area contributed by atoms with Gasteiger partial charge in [0, 0.05) is 24.4 Å². The second kappa shape index (κ2) is 7.43. The number of para-hydroxylation sites is 1. The number of tetrazole rings is 1. The Morgan fingerprint density at radius 3 is 2.77 bits per heavy atom. The van der Waals surface area contributed by atoms with E-state index in [-0.39, 0.29) is 6.04 Å². The number of methoxy groups -OCH3 is 1. The number of fused-ring (bicyclic) bond motifs is 1. The van der Waals surface area contributed by atoms with Crippen molar-refractivity contribution in [3.8, 4) is 0 Å². The Morgan fingerprint density at radius 1 is 1.15 bits per heavy atom. The van der Waals surface area contributed by atoms with Crippen molar-refractivity contribution < 1.29 is 4.74 Å². The Bertz CT molecular complexity index is 880. The summed E-state index contributed by atoms with van der Waals surface area (Å²) in [5.74, 6) is 0.807. The van der Waals surface area contributed by atoms with Crippen LogP contribution in [-0.2, 0) is 17.7 Å². The van der Waals surface area contributed by atoms with Crippen LogP contribution in [-0.4, -0.2) is 40.5 Å². The van der Waals surface area contributed by atoms with Crippen LogP contribution in [0.1, 0.15) is 23.0 Å². The molecule has 0 N–H and O–H groups in total. The number of rotatable bonds is 6. The van der Waals surface area contributed by atoms with Crippen LogP contribution in [0.2, 0.25) is 5.02 Å². The molecule has 2 aromatic carbocycles. The molecule has 0 bridgehead atoms. The van der Waals surface area contributed by atoms with Gasteiger partial charge < -0.3 is 9.64 Å². The third kappa shape index (κ3) is 3.18. The highest BCUT2D eigenvalue weighted by atomic mass is 35.5. The molecule has 1 aliphatic heterocycles. The Hall–Kier alpha value is -2.44. The quantitative estimate of drug-likeness (QED) is 0.668. The van der Waals surface area contributed by atoms with Gasteiger partial charge in [0.05, 0.1) is 13.2 Å². The van der Waals surface area contributed by atoms with Crippen LogP contribution in [0, 0.1) is 0 Å². The minimum absolute atomic E-state index is 0.0808. The molecule has 1 atom stereocenters. The molecule has 1 unspecified atom stereocenters. The summed E-state index contributed by atoms with van der Waals surface area (Å²) in [4.78, 5) is 2.37. The number of aromatic nitrogens is 4. The predicted octanol–water partition coefficient (Wildman–Crippen LogP) is 3.13. The molecule has 4 rings (SSSR count). The zero-order chi connectivity index (χ0) is 17.9. The third-order valence-corrected chi connectivity index (χ3v) is 4.98. The van der Waals surface area contributed by atoms with Crippen molar-refractivity contribution in [3.63, 3.8) is 0 Å². The van der Waals surface area contributed by atoms with Crippen molar-refractivity contribution in [1.82, 2.24) is 20.2 Å². The van der Waals surface area contributed by atoms with Crippen LogP contribution >= 0.6 is 11.6 Å². The third-order valence-electron chi connectivity index (χ3n) is 4.73. The van der Waals surface area contributed by atoms with E-state index in [1.165, 1.54) is 11.3 Å². The number of hydrogen-bond acceptors (Lipinski definition) is 5. The first-order chi connectivity index (χ1) is 12.8. The zero-order valence-electron chi connectivity index (χ0n) is 14.5. The summed E-state index contributed by atoms with van der Waals surface area (Å²) in [6.07, 6.45) is 1.01. The Balaban J connectivity index is 1.79. The maximum absolute atomic E-state index is 6.11. The average Bonchev–Trinajstić information content (AvgIpc) is 3.30. The van der Waals surface area contributed by atoms with E-state index >= 15 is 0 Å². The van der Waals surface area contributed by atoms with E-state index in [1.807, 2.05) is 28.9 Å². The minimum atomic E-state index is -0.0808. The van der Waals surface area contributed by atoms with Crippen molar-refractivity contribution in [2.75, 3.05) is 25.2 Å². The predicted molar refractivity (Wildman–Crippen MR) is 100 cm³/mol. The Morgan fingerprint density at radius 2 is 1.96 bits per heavy atom. The number of anilines is 1. The van der Waals surface area contributed by atoms with Gasteiger partial charge in [0.15, 0.2) is 5.82 Å². The van der Waals surface area contributed by atoms with E-state index in [0.717, 1.165) is 24.4 Å². The van der Waals surface area contributed by atoms with Crippen molar-refractivity contribution in [2.24, 2.45) is 0 Å². The van der Waals surface area contributed by atoms with Crippen LogP contribution in [0.5, 0.6) is 0 Å². The summed E-state index contributed by atoms with van der Waals surface area (Å²) < 4.78 is 7.03. The SMILES string of the molecule is COCCn1nnnc1C(c1ccc(Cl)cc1)N1CCc2ccccc21. The van der Waals surface area contributed by atoms with Crippen molar-refractivity contribution in [2.45, 2.75) is 19.0 Å². The van der Waals surface area contributed by atoms with Crippen LogP contribution in [0.4, 0.5) is 5.69 Å². The van der Waals surface area contributed by atoms with Gasteiger partial charge in [0.2, 0.25) is 0 Å². The maximum Gasteiger partial charge on any atom is 0.178 e. The molecule has 3 aromatic rings. The molecule has 0 saturated heterocycles. The highest BCUT2D eigenvalue weighted by Crippen LogP contribution is 2.38. The van der Waals surface area contributed by atoms with Crippen molar-refractivity contribution >= 4 is 17.3 Å². The summed E-state index contributed by atoms with van der Waals surface area (Å²) in [6.45, 7) is 2.09. The fraction of sp³-hybridized carbons (Fsp3) is 0.316. The van der Waals surface area contributed by atoms with E-state index in [9.17, 15) is 0 Å². The van der Waals surface area contributed by atoms with Gasteiger partial charge in [0.1, 0.15) is 6.04 Å². The maximum atomic E-state index is 6.11. The van der Waals surface area contributed by atoms with Crippen LogP contribution in [0.25, 0.3) is 0 Å². The van der Waals surface area contributed by atoms with Gasteiger partial charge in [0.25, 0.3) is 0 Å². The molecule has 0 aliphatic carbocycles. The van der Waals surface area contributed by atoms with Crippen LogP contribution in [0.3, 0.4) is 0 Å². The van der Waals surface area contributed by atoms with E-state index in [4.69, 9.17) is 16.3 Å². The van der Waals surface area contributed by atoms with Crippen molar-refractivity contribution in [3.05, 3.63) is 70.5 Å². The second-order valence-corrected chi connectivity index (χ2v) is 6.72. The van der Waals surface area contributed by atoms with Gasteiger partial charge in [-0.25, -0.2) is 4.68 Å². The number of halogens is 1. The molecule has 1 aliphatic rings. The lowest BCUT2D eigenvalue weighted by molar-refractivity contribution is 0.181. The van der Waals surface area contributed by atoms with Gasteiger partial charge in [-0.15, -0.1) is 5.10 Å². The van der Waals surface area contributed by atoms with E-state index in [2.05, 4.69) is 44.7 Å². The smallest absolute Gasteiger partial charge is 0.178 e. The average molecular weight is 370 g/mol. The van der Waals surface area contributed by atoms with E-state index in [1.54, 1.807) is 7.11 Å². The molecule has 6 nitrogen and oxygen atoms in total. The minimum Gasteiger partial charge on any atom is -0.383 e. The largest absolute Gasteiger partial charge is 0.383 e. The summed E-state index contributed by atoms with van der Waals surface area (Å²) in [6, 6.07) is 16.3. The lowest BCUT2D eigenvalue weighted by Gasteiger charge is -2.30. The summed E-state index contributed by atoms with van der Waals surface area (Å²) >= 11 is 6.11. The van der Waals surface area contributed by atoms with Gasteiger partial charge >= 0.3 is 0 Å². The Labute approximate surface area is 157 Å². The molecule has 2 heterocycles. The highest BCUT2D eigenvalue weighted by Gasteiger charge is 2.32. The first-order valence-corrected chi connectivity index (χ1v) is 9.00. The van der Waals surface area contributed by atoms with Gasteiger partial charge in [-0.2, -0.15) is 0 Å². The lowest BCUT2D eigenvalue weighted by Crippen LogP contribution is -2.30. The molecule has 0 fully saturated rings. The lowest BCUT2D eigenvalue weighted by atomic mass is 10.0. The molecular formula is C19H20ClN5O. The number of ether oxygens (including phenoxy) is 1. The molecular weight excluding hydrogens is 350 g/mol. The first-order valence-electron chi connectivity index (χ1n) is 8.63. The van der Waals surface area contributed by atoms with Gasteiger partial charge in [-0.3, -0.25) is 0 Å². The number of hydrogen-bond donors (Lipinski definition) is 0. The number of nitrogens with zero attached hydrogens (tertiary/aromatic N) is 5. The molecule has 7 heteroatoms. The molecule has 0 amide bonds. The van der Waals surface area contributed by atoms with Crippen LogP contribution < -0.4 is 4.90 Å².